The molecule has 144 valence electrons. The molecule has 1 atom stereocenters. The average Bonchev–Trinajstić information content (AvgIpc) is 3.24. The van der Waals surface area contributed by atoms with Crippen molar-refractivity contribution >= 4 is 5.91 Å². The molecule has 1 aliphatic heterocycles. The number of nitrogens with zero attached hydrogens (tertiary/aromatic N) is 5. The lowest BCUT2D eigenvalue weighted by molar-refractivity contribution is -0.135. The highest BCUT2D eigenvalue weighted by atomic mass is 16.5. The molecule has 1 aliphatic rings. The van der Waals surface area contributed by atoms with E-state index in [2.05, 4.69) is 26.2 Å². The van der Waals surface area contributed by atoms with Crippen molar-refractivity contribution in [2.45, 2.75) is 44.6 Å². The molecule has 4 heterocycles. The molecular formula is C21H23N5O2. The van der Waals surface area contributed by atoms with E-state index in [1.165, 1.54) is 0 Å². The van der Waals surface area contributed by atoms with Gasteiger partial charge in [-0.05, 0) is 49.4 Å². The first-order valence-electron chi connectivity index (χ1n) is 9.73. The van der Waals surface area contributed by atoms with Gasteiger partial charge in [0.25, 0.3) is 0 Å². The molecule has 0 radical (unpaired) electrons. The van der Waals surface area contributed by atoms with Crippen LogP contribution in [0.5, 0.6) is 0 Å². The van der Waals surface area contributed by atoms with E-state index in [9.17, 15) is 4.79 Å². The van der Waals surface area contributed by atoms with E-state index in [0.717, 1.165) is 36.9 Å². The second-order valence-corrected chi connectivity index (χ2v) is 6.99. The second-order valence-electron chi connectivity index (χ2n) is 6.99. The van der Waals surface area contributed by atoms with Gasteiger partial charge >= 0.3 is 0 Å². The summed E-state index contributed by atoms with van der Waals surface area (Å²) in [6.07, 6.45) is 12.0. The highest BCUT2D eigenvalue weighted by Gasteiger charge is 2.27. The van der Waals surface area contributed by atoms with E-state index >= 15 is 0 Å². The van der Waals surface area contributed by atoms with Crippen molar-refractivity contribution < 1.29 is 9.32 Å². The fourth-order valence-electron chi connectivity index (χ4n) is 3.65. The van der Waals surface area contributed by atoms with Crippen LogP contribution in [0, 0.1) is 0 Å². The number of hydrogen-bond acceptors (Lipinski definition) is 6. The van der Waals surface area contributed by atoms with Crippen molar-refractivity contribution in [1.29, 1.82) is 0 Å². The number of aryl methyl sites for hydroxylation is 1. The lowest BCUT2D eigenvalue weighted by Gasteiger charge is -2.36. The quantitative estimate of drug-likeness (QED) is 0.652. The highest BCUT2D eigenvalue weighted by Crippen LogP contribution is 2.31. The maximum absolute atomic E-state index is 12.8. The Balaban J connectivity index is 1.33. The molecule has 0 saturated carbocycles. The van der Waals surface area contributed by atoms with Gasteiger partial charge in [-0.15, -0.1) is 0 Å². The Kier molecular flexibility index (Phi) is 5.70. The molecule has 4 rings (SSSR count). The topological polar surface area (TPSA) is 85.0 Å². The van der Waals surface area contributed by atoms with Crippen LogP contribution >= 0.6 is 0 Å². The zero-order valence-corrected chi connectivity index (χ0v) is 15.7. The van der Waals surface area contributed by atoms with E-state index in [0.29, 0.717) is 31.0 Å². The largest absolute Gasteiger partial charge is 0.339 e. The number of carbonyl (C=O) groups is 1. The van der Waals surface area contributed by atoms with Gasteiger partial charge in [-0.25, -0.2) is 0 Å². The monoisotopic (exact) mass is 377 g/mol. The summed E-state index contributed by atoms with van der Waals surface area (Å²) in [6, 6.07) is 7.85. The van der Waals surface area contributed by atoms with Crippen LogP contribution in [0.1, 0.15) is 49.6 Å². The average molecular weight is 377 g/mol. The maximum Gasteiger partial charge on any atom is 0.226 e. The third kappa shape index (κ3) is 4.24. The third-order valence-corrected chi connectivity index (χ3v) is 5.06. The molecule has 28 heavy (non-hydrogen) atoms. The van der Waals surface area contributed by atoms with E-state index in [1.807, 2.05) is 29.3 Å². The van der Waals surface area contributed by atoms with Crippen molar-refractivity contribution in [2.75, 3.05) is 6.54 Å². The van der Waals surface area contributed by atoms with Crippen LogP contribution in [0.2, 0.25) is 0 Å². The summed E-state index contributed by atoms with van der Waals surface area (Å²) < 4.78 is 5.31. The Morgan fingerprint density at radius 3 is 2.79 bits per heavy atom. The number of piperidine rings is 1. The molecule has 0 bridgehead atoms. The summed E-state index contributed by atoms with van der Waals surface area (Å²) in [5.74, 6) is 1.26. The van der Waals surface area contributed by atoms with Gasteiger partial charge in [0.15, 0.2) is 0 Å². The number of hydrogen-bond donors (Lipinski definition) is 0. The van der Waals surface area contributed by atoms with Crippen molar-refractivity contribution in [3.8, 4) is 11.4 Å². The first-order valence-corrected chi connectivity index (χ1v) is 9.73. The molecule has 0 spiro atoms. The molecule has 0 aromatic carbocycles. The Hall–Kier alpha value is -3.09. The summed E-state index contributed by atoms with van der Waals surface area (Å²) in [6.45, 7) is 0.810. The lowest BCUT2D eigenvalue weighted by Crippen LogP contribution is -2.38. The van der Waals surface area contributed by atoms with Gasteiger partial charge in [0.1, 0.15) is 0 Å². The molecule has 1 unspecified atom stereocenters. The molecule has 1 saturated heterocycles. The SMILES string of the molecule is O=C(CCCc1nc(-c2cccnc2)no1)N1CCCCC1c1cccnc1. The van der Waals surface area contributed by atoms with Gasteiger partial charge in [0.05, 0.1) is 6.04 Å². The Morgan fingerprint density at radius 1 is 1.14 bits per heavy atom. The Labute approximate surface area is 163 Å². The number of amides is 1. The molecule has 1 amide bonds. The number of rotatable bonds is 6. The van der Waals surface area contributed by atoms with Gasteiger partial charge in [0.2, 0.25) is 17.6 Å². The molecule has 3 aromatic heterocycles. The molecule has 7 heteroatoms. The minimum absolute atomic E-state index is 0.135. The van der Waals surface area contributed by atoms with E-state index in [4.69, 9.17) is 4.52 Å². The predicted octanol–water partition coefficient (Wildman–Crippen LogP) is 3.60. The van der Waals surface area contributed by atoms with E-state index in [1.54, 1.807) is 18.6 Å². The predicted molar refractivity (Wildman–Crippen MR) is 103 cm³/mol. The van der Waals surface area contributed by atoms with Crippen molar-refractivity contribution in [3.63, 3.8) is 0 Å². The first-order chi connectivity index (χ1) is 13.8. The minimum atomic E-state index is 0.135. The van der Waals surface area contributed by atoms with Gasteiger partial charge in [0, 0.05) is 49.7 Å². The molecular weight excluding hydrogens is 354 g/mol. The third-order valence-electron chi connectivity index (χ3n) is 5.06. The summed E-state index contributed by atoms with van der Waals surface area (Å²) in [5, 5.41) is 4.00. The van der Waals surface area contributed by atoms with Gasteiger partial charge < -0.3 is 9.42 Å². The molecule has 0 aliphatic carbocycles. The van der Waals surface area contributed by atoms with Crippen LogP contribution in [-0.2, 0) is 11.2 Å². The van der Waals surface area contributed by atoms with Crippen LogP contribution < -0.4 is 0 Å². The summed E-state index contributed by atoms with van der Waals surface area (Å²) >= 11 is 0. The fourth-order valence-corrected chi connectivity index (χ4v) is 3.65. The summed E-state index contributed by atoms with van der Waals surface area (Å²) in [7, 11) is 0. The van der Waals surface area contributed by atoms with E-state index in [-0.39, 0.29) is 11.9 Å². The van der Waals surface area contributed by atoms with Crippen molar-refractivity contribution in [3.05, 3.63) is 60.5 Å². The number of carbonyl (C=O) groups excluding carboxylic acids is 1. The Bertz CT molecular complexity index is 897. The Morgan fingerprint density at radius 2 is 2.00 bits per heavy atom. The number of aromatic nitrogens is 4. The van der Waals surface area contributed by atoms with Crippen molar-refractivity contribution in [1.82, 2.24) is 25.0 Å². The number of likely N-dealkylation sites (tertiary alicyclic amines) is 1. The lowest BCUT2D eigenvalue weighted by atomic mass is 9.96. The normalized spacial score (nSPS) is 16.9. The van der Waals surface area contributed by atoms with Crippen LogP contribution in [0.3, 0.4) is 0 Å². The minimum Gasteiger partial charge on any atom is -0.339 e. The van der Waals surface area contributed by atoms with E-state index < -0.39 is 0 Å². The molecule has 1 fully saturated rings. The van der Waals surface area contributed by atoms with Gasteiger partial charge in [-0.2, -0.15) is 4.98 Å². The fraction of sp³-hybridized carbons (Fsp3) is 0.381. The van der Waals surface area contributed by atoms with Gasteiger partial charge in [-0.3, -0.25) is 14.8 Å². The zero-order valence-electron chi connectivity index (χ0n) is 15.7. The molecule has 3 aromatic rings. The second kappa shape index (κ2) is 8.73. The standard InChI is InChI=1S/C21H23N5O2/c27-20(26-13-2-1-8-18(26)16-6-4-11-22-14-16)10-3-9-19-24-21(25-28-19)17-7-5-12-23-15-17/h4-7,11-12,14-15,18H,1-3,8-10,13H2. The first kappa shape index (κ1) is 18.3. The van der Waals surface area contributed by atoms with Crippen LogP contribution in [0.25, 0.3) is 11.4 Å². The zero-order chi connectivity index (χ0) is 19.2. The summed E-state index contributed by atoms with van der Waals surface area (Å²) in [4.78, 5) is 27.5. The van der Waals surface area contributed by atoms with Crippen LogP contribution in [0.15, 0.2) is 53.6 Å². The highest BCUT2D eigenvalue weighted by molar-refractivity contribution is 5.76. The molecule has 0 N–H and O–H groups in total. The smallest absolute Gasteiger partial charge is 0.226 e. The van der Waals surface area contributed by atoms with Crippen LogP contribution in [-0.4, -0.2) is 37.5 Å². The van der Waals surface area contributed by atoms with Crippen molar-refractivity contribution in [2.24, 2.45) is 0 Å². The van der Waals surface area contributed by atoms with Gasteiger partial charge in [-0.1, -0.05) is 11.2 Å². The summed E-state index contributed by atoms with van der Waals surface area (Å²) in [5.41, 5.74) is 1.94. The molecule has 7 nitrogen and oxygen atoms in total. The number of pyridine rings is 2. The maximum atomic E-state index is 12.8. The van der Waals surface area contributed by atoms with Crippen LogP contribution in [0.4, 0.5) is 0 Å².